The summed E-state index contributed by atoms with van der Waals surface area (Å²) in [7, 11) is 2.19. The normalized spacial score (nSPS) is 17.4. The number of hydrogen-bond acceptors (Lipinski definition) is 7. The highest BCUT2D eigenvalue weighted by molar-refractivity contribution is 6.74. The van der Waals surface area contributed by atoms with Crippen LogP contribution in [0.1, 0.15) is 56.5 Å². The van der Waals surface area contributed by atoms with E-state index < -0.39 is 8.32 Å². The zero-order chi connectivity index (χ0) is 28.6. The molecule has 8 nitrogen and oxygen atoms in total. The molecule has 0 spiro atoms. The number of aryl methyl sites for hydroxylation is 1. The smallest absolute Gasteiger partial charge is 0.228 e. The zero-order valence-electron chi connectivity index (χ0n) is 25.0. The number of rotatable bonds is 9. The van der Waals surface area contributed by atoms with Gasteiger partial charge in [0.05, 0.1) is 29.6 Å². The van der Waals surface area contributed by atoms with E-state index in [1.807, 2.05) is 43.9 Å². The lowest BCUT2D eigenvalue weighted by molar-refractivity contribution is 0.208. The molecular formula is C30H43N7OSi. The first kappa shape index (κ1) is 28.9. The molecule has 1 aromatic carbocycles. The highest BCUT2D eigenvalue weighted by Gasteiger charge is 2.42. The summed E-state index contributed by atoms with van der Waals surface area (Å²) in [5.74, 6) is 1.36. The van der Waals surface area contributed by atoms with Crippen LogP contribution in [0.15, 0.2) is 30.5 Å². The first-order chi connectivity index (χ1) is 18.2. The van der Waals surface area contributed by atoms with E-state index in [0.717, 1.165) is 59.8 Å². The van der Waals surface area contributed by atoms with Crippen LogP contribution in [0.2, 0.25) is 18.1 Å². The minimum absolute atomic E-state index is 0.142. The second-order valence-electron chi connectivity index (χ2n) is 12.9. The average molecular weight is 546 g/mol. The molecule has 2 aromatic heterocycles. The van der Waals surface area contributed by atoms with Crippen LogP contribution < -0.4 is 5.32 Å². The first-order valence-electron chi connectivity index (χ1n) is 13.7. The van der Waals surface area contributed by atoms with E-state index in [1.54, 1.807) is 6.20 Å². The van der Waals surface area contributed by atoms with Gasteiger partial charge in [-0.2, -0.15) is 10.4 Å². The number of nitrogens with one attached hydrogen (secondary N) is 1. The topological polar surface area (TPSA) is 91.9 Å². The van der Waals surface area contributed by atoms with Crippen molar-refractivity contribution in [3.63, 3.8) is 0 Å². The van der Waals surface area contributed by atoms with E-state index >= 15 is 0 Å². The lowest BCUT2D eigenvalue weighted by Gasteiger charge is -2.39. The van der Waals surface area contributed by atoms with E-state index in [1.165, 1.54) is 5.56 Å². The number of anilines is 2. The molecule has 1 unspecified atom stereocenters. The number of nitrogens with zero attached hydrogens (tertiary/aromatic N) is 6. The van der Waals surface area contributed by atoms with Gasteiger partial charge >= 0.3 is 0 Å². The van der Waals surface area contributed by atoms with Crippen molar-refractivity contribution in [3.05, 3.63) is 52.8 Å². The van der Waals surface area contributed by atoms with Crippen molar-refractivity contribution in [1.82, 2.24) is 24.6 Å². The van der Waals surface area contributed by atoms with Crippen LogP contribution in [0, 0.1) is 18.3 Å². The van der Waals surface area contributed by atoms with Gasteiger partial charge in [0.2, 0.25) is 5.95 Å². The Morgan fingerprint density at radius 3 is 2.64 bits per heavy atom. The Labute approximate surface area is 234 Å². The molecule has 208 valence electrons. The molecule has 1 atom stereocenters. The van der Waals surface area contributed by atoms with Crippen LogP contribution in [0.25, 0.3) is 11.3 Å². The third-order valence-electron chi connectivity index (χ3n) is 8.36. The van der Waals surface area contributed by atoms with Gasteiger partial charge < -0.3 is 14.6 Å². The van der Waals surface area contributed by atoms with Gasteiger partial charge in [-0.25, -0.2) is 14.6 Å². The third-order valence-corrected chi connectivity index (χ3v) is 12.8. The maximum atomic E-state index is 10.0. The van der Waals surface area contributed by atoms with E-state index in [4.69, 9.17) is 9.41 Å². The minimum atomic E-state index is -1.90. The van der Waals surface area contributed by atoms with Crippen LogP contribution >= 0.6 is 0 Å². The average Bonchev–Trinajstić information content (AvgIpc) is 3.39. The van der Waals surface area contributed by atoms with Gasteiger partial charge in [-0.1, -0.05) is 27.7 Å². The number of aromatic nitrogens is 4. The maximum Gasteiger partial charge on any atom is 0.228 e. The van der Waals surface area contributed by atoms with E-state index in [2.05, 4.69) is 73.2 Å². The molecule has 0 fully saturated rings. The lowest BCUT2D eigenvalue weighted by atomic mass is 9.83. The predicted molar refractivity (Wildman–Crippen MR) is 160 cm³/mol. The highest BCUT2D eigenvalue weighted by atomic mass is 28.4. The third kappa shape index (κ3) is 6.24. The fourth-order valence-electron chi connectivity index (χ4n) is 4.77. The molecule has 1 N–H and O–H groups in total. The summed E-state index contributed by atoms with van der Waals surface area (Å²) in [6, 6.07) is 10.5. The molecule has 1 aliphatic rings. The van der Waals surface area contributed by atoms with Gasteiger partial charge in [0.1, 0.15) is 5.82 Å². The fraction of sp³-hybridized carbons (Fsp3) is 0.533. The Morgan fingerprint density at radius 1 is 1.23 bits per heavy atom. The second-order valence-corrected chi connectivity index (χ2v) is 17.7. The van der Waals surface area contributed by atoms with Gasteiger partial charge in [-0.15, -0.1) is 0 Å². The van der Waals surface area contributed by atoms with Crippen molar-refractivity contribution in [2.75, 3.05) is 32.6 Å². The fourth-order valence-corrected chi connectivity index (χ4v) is 5.89. The van der Waals surface area contributed by atoms with Crippen molar-refractivity contribution in [1.29, 1.82) is 5.26 Å². The molecule has 0 saturated heterocycles. The lowest BCUT2D eigenvalue weighted by Crippen LogP contribution is -2.44. The molecule has 1 aliphatic carbocycles. The molecule has 4 rings (SSSR count). The zero-order valence-corrected chi connectivity index (χ0v) is 26.0. The number of nitriles is 1. The van der Waals surface area contributed by atoms with Crippen molar-refractivity contribution in [2.45, 2.75) is 77.6 Å². The molecule has 2 heterocycles. The number of benzene rings is 1. The van der Waals surface area contributed by atoms with Crippen molar-refractivity contribution in [3.8, 4) is 17.3 Å². The molecular weight excluding hydrogens is 502 g/mol. The SMILES string of the molecule is Cc1cc(Nc2nccc(-c3cc(C#N)c4c(c3)C(C)(CO[Si](C)(C)C(C)(C)C)CC4)n2)n(CCN(C)C)n1. The van der Waals surface area contributed by atoms with Crippen LogP contribution in [0.5, 0.6) is 0 Å². The van der Waals surface area contributed by atoms with Crippen LogP contribution in [0.4, 0.5) is 11.8 Å². The summed E-state index contributed by atoms with van der Waals surface area (Å²) in [4.78, 5) is 11.4. The molecule has 3 aromatic rings. The standard InChI is InChI=1S/C30H43N7OSi/c1-21-16-27(37(35-21)15-14-36(6)7)34-28-32-13-11-26(33-28)22-17-23(19-31)24-10-12-30(5,25(24)18-22)20-38-39(8,9)29(2,3)4/h11,13,16-18H,10,12,14-15,20H2,1-9H3,(H,32,33,34). The minimum Gasteiger partial charge on any atom is -0.416 e. The van der Waals surface area contributed by atoms with Crippen molar-refractivity contribution in [2.24, 2.45) is 0 Å². The van der Waals surface area contributed by atoms with E-state index in [9.17, 15) is 5.26 Å². The van der Waals surface area contributed by atoms with Crippen molar-refractivity contribution < 1.29 is 4.43 Å². The summed E-state index contributed by atoms with van der Waals surface area (Å²) in [6.07, 6.45) is 3.63. The molecule has 0 bridgehead atoms. The largest absolute Gasteiger partial charge is 0.416 e. The Hall–Kier alpha value is -3.06. The Morgan fingerprint density at radius 2 is 1.97 bits per heavy atom. The number of fused-ring (bicyclic) bond motifs is 1. The van der Waals surface area contributed by atoms with Crippen LogP contribution in [0.3, 0.4) is 0 Å². The van der Waals surface area contributed by atoms with Gasteiger partial charge in [0.15, 0.2) is 8.32 Å². The van der Waals surface area contributed by atoms with Gasteiger partial charge in [-0.3, -0.25) is 0 Å². The second kappa shape index (κ2) is 10.8. The Kier molecular flexibility index (Phi) is 8.04. The van der Waals surface area contributed by atoms with Gasteiger partial charge in [-0.05, 0) is 81.3 Å². The number of likely N-dealkylation sites (N-methyl/N-ethyl adjacent to an activating group) is 1. The van der Waals surface area contributed by atoms with Crippen molar-refractivity contribution >= 4 is 20.1 Å². The first-order valence-corrected chi connectivity index (χ1v) is 16.6. The molecule has 0 saturated carbocycles. The summed E-state index contributed by atoms with van der Waals surface area (Å²) in [5, 5.41) is 18.2. The predicted octanol–water partition coefficient (Wildman–Crippen LogP) is 6.05. The molecule has 9 heteroatoms. The number of hydrogen-bond donors (Lipinski definition) is 1. The van der Waals surface area contributed by atoms with Gasteiger partial charge in [0, 0.05) is 36.4 Å². The van der Waals surface area contributed by atoms with E-state index in [0.29, 0.717) is 12.6 Å². The quantitative estimate of drug-likeness (QED) is 0.327. The Bertz CT molecular complexity index is 1380. The van der Waals surface area contributed by atoms with E-state index in [-0.39, 0.29) is 10.5 Å². The molecule has 0 radical (unpaired) electrons. The van der Waals surface area contributed by atoms with Crippen LogP contribution in [-0.2, 0) is 22.8 Å². The summed E-state index contributed by atoms with van der Waals surface area (Å²) < 4.78 is 8.65. The molecule has 39 heavy (non-hydrogen) atoms. The molecule has 0 aliphatic heterocycles. The maximum absolute atomic E-state index is 10.0. The summed E-state index contributed by atoms with van der Waals surface area (Å²) >= 11 is 0. The Balaban J connectivity index is 1.64. The van der Waals surface area contributed by atoms with Gasteiger partial charge in [0.25, 0.3) is 0 Å². The monoisotopic (exact) mass is 545 g/mol. The highest BCUT2D eigenvalue weighted by Crippen LogP contribution is 2.44. The van der Waals surface area contributed by atoms with Crippen LogP contribution in [-0.4, -0.2) is 60.2 Å². The summed E-state index contributed by atoms with van der Waals surface area (Å²) in [6.45, 7) is 18.0. The molecule has 0 amide bonds. The summed E-state index contributed by atoms with van der Waals surface area (Å²) in [5.41, 5.74) is 5.58.